The van der Waals surface area contributed by atoms with E-state index in [-0.39, 0.29) is 22.9 Å². The molecule has 3 rings (SSSR count). The van der Waals surface area contributed by atoms with Gasteiger partial charge in [0.25, 0.3) is 0 Å². The second kappa shape index (κ2) is 7.10. The molecule has 0 bridgehead atoms. The van der Waals surface area contributed by atoms with Gasteiger partial charge in [0.15, 0.2) is 11.5 Å². The molecule has 0 saturated heterocycles. The first-order valence-electron chi connectivity index (χ1n) is 8.29. The van der Waals surface area contributed by atoms with Gasteiger partial charge in [0.1, 0.15) is 5.82 Å². The van der Waals surface area contributed by atoms with Gasteiger partial charge in [-0.25, -0.2) is 9.18 Å². The Morgan fingerprint density at radius 1 is 1.07 bits per heavy atom. The van der Waals surface area contributed by atoms with E-state index in [1.54, 1.807) is 18.2 Å². The van der Waals surface area contributed by atoms with E-state index < -0.39 is 23.5 Å². The van der Waals surface area contributed by atoms with Gasteiger partial charge in [0.05, 0.1) is 5.56 Å². The van der Waals surface area contributed by atoms with Crippen LogP contribution in [0.4, 0.5) is 17.6 Å². The van der Waals surface area contributed by atoms with E-state index >= 15 is 0 Å². The molecule has 3 aromatic rings. The Balaban J connectivity index is 2.10. The van der Waals surface area contributed by atoms with Gasteiger partial charge in [-0.15, -0.1) is 0 Å². The normalized spacial score (nSPS) is 11.8. The van der Waals surface area contributed by atoms with E-state index in [1.807, 2.05) is 13.8 Å². The van der Waals surface area contributed by atoms with Crippen LogP contribution in [-0.2, 0) is 6.18 Å². The number of carboxylic acids is 1. The average molecular weight is 393 g/mol. The largest absolute Gasteiger partial charge is 0.476 e. The van der Waals surface area contributed by atoms with E-state index in [1.165, 1.54) is 12.1 Å². The van der Waals surface area contributed by atoms with Crippen LogP contribution in [0.2, 0.25) is 0 Å². The molecule has 0 unspecified atom stereocenters. The molecule has 0 spiro atoms. The van der Waals surface area contributed by atoms with E-state index in [2.05, 4.69) is 5.16 Å². The van der Waals surface area contributed by atoms with Crippen molar-refractivity contribution < 1.29 is 32.0 Å². The fourth-order valence-electron chi connectivity index (χ4n) is 2.87. The monoisotopic (exact) mass is 393 g/mol. The molecule has 146 valence electrons. The van der Waals surface area contributed by atoms with Gasteiger partial charge in [-0.3, -0.25) is 0 Å². The lowest BCUT2D eigenvalue weighted by molar-refractivity contribution is -0.139. The van der Waals surface area contributed by atoms with Crippen LogP contribution in [0.3, 0.4) is 0 Å². The van der Waals surface area contributed by atoms with Crippen LogP contribution in [0.25, 0.3) is 22.5 Å². The summed E-state index contributed by atoms with van der Waals surface area (Å²) in [7, 11) is 0. The van der Waals surface area contributed by atoms with Crippen LogP contribution in [0.1, 0.15) is 41.4 Å². The zero-order chi connectivity index (χ0) is 20.6. The minimum atomic E-state index is -4.80. The Labute approximate surface area is 157 Å². The first-order valence-corrected chi connectivity index (χ1v) is 8.29. The molecule has 0 radical (unpaired) electrons. The van der Waals surface area contributed by atoms with Crippen LogP contribution in [0.5, 0.6) is 0 Å². The summed E-state index contributed by atoms with van der Waals surface area (Å²) < 4.78 is 57.6. The summed E-state index contributed by atoms with van der Waals surface area (Å²) in [5, 5.41) is 12.5. The van der Waals surface area contributed by atoms with Crippen molar-refractivity contribution >= 4 is 5.97 Å². The number of nitrogens with zero attached hydrogens (tertiary/aromatic N) is 1. The van der Waals surface area contributed by atoms with Crippen LogP contribution in [-0.4, -0.2) is 16.2 Å². The number of carbonyl (C=O) groups is 1. The molecular weight excluding hydrogens is 378 g/mol. The smallest absolute Gasteiger partial charge is 0.419 e. The van der Waals surface area contributed by atoms with Crippen molar-refractivity contribution in [2.24, 2.45) is 0 Å². The quantitative estimate of drug-likeness (QED) is 0.553. The Morgan fingerprint density at radius 3 is 2.29 bits per heavy atom. The summed E-state index contributed by atoms with van der Waals surface area (Å²) in [4.78, 5) is 11.0. The third-order valence-corrected chi connectivity index (χ3v) is 4.27. The maximum absolute atomic E-state index is 13.6. The number of hydrogen-bond acceptors (Lipinski definition) is 3. The maximum atomic E-state index is 13.6. The molecule has 1 N–H and O–H groups in total. The van der Waals surface area contributed by atoms with E-state index in [9.17, 15) is 22.4 Å². The fourth-order valence-corrected chi connectivity index (χ4v) is 2.87. The lowest BCUT2D eigenvalue weighted by atomic mass is 9.91. The van der Waals surface area contributed by atoms with Crippen molar-refractivity contribution in [1.29, 1.82) is 0 Å². The van der Waals surface area contributed by atoms with Crippen LogP contribution < -0.4 is 0 Å². The molecule has 28 heavy (non-hydrogen) atoms. The summed E-state index contributed by atoms with van der Waals surface area (Å²) in [5.74, 6) is -2.37. The van der Waals surface area contributed by atoms with Gasteiger partial charge in [0.2, 0.25) is 0 Å². The Morgan fingerprint density at radius 2 is 1.71 bits per heavy atom. The van der Waals surface area contributed by atoms with Crippen molar-refractivity contribution in [3.8, 4) is 22.5 Å². The molecule has 0 amide bonds. The zero-order valence-electron chi connectivity index (χ0n) is 14.8. The number of halogens is 4. The number of aromatic carboxylic acids is 1. The number of rotatable bonds is 4. The molecule has 0 aliphatic rings. The van der Waals surface area contributed by atoms with Gasteiger partial charge in [0, 0.05) is 11.6 Å². The highest BCUT2D eigenvalue weighted by Crippen LogP contribution is 2.37. The Hall–Kier alpha value is -3.16. The number of benzene rings is 2. The van der Waals surface area contributed by atoms with E-state index in [0.29, 0.717) is 11.1 Å². The summed E-state index contributed by atoms with van der Waals surface area (Å²) in [6, 6.07) is 8.98. The summed E-state index contributed by atoms with van der Waals surface area (Å²) >= 11 is 0. The molecular formula is C20H15F4NO3. The molecule has 0 aliphatic carbocycles. The summed E-state index contributed by atoms with van der Waals surface area (Å²) in [5.41, 5.74) is 0.408. The van der Waals surface area contributed by atoms with Crippen LogP contribution in [0.15, 0.2) is 47.0 Å². The van der Waals surface area contributed by atoms with Gasteiger partial charge in [-0.1, -0.05) is 43.3 Å². The average Bonchev–Trinajstić information content (AvgIpc) is 3.11. The SMILES string of the molecule is CC(C)c1cc(-c2ccc(F)c(C(F)(F)F)c2)ccc1-c1cc(C(=O)O)no1. The molecule has 0 aliphatic heterocycles. The highest BCUT2D eigenvalue weighted by molar-refractivity contribution is 5.86. The van der Waals surface area contributed by atoms with Crippen molar-refractivity contribution in [1.82, 2.24) is 5.16 Å². The number of alkyl halides is 3. The third kappa shape index (κ3) is 3.76. The van der Waals surface area contributed by atoms with Gasteiger partial charge in [-0.05, 0) is 34.7 Å². The second-order valence-electron chi connectivity index (χ2n) is 6.53. The van der Waals surface area contributed by atoms with E-state index in [4.69, 9.17) is 9.63 Å². The number of carboxylic acid groups (broad SMARTS) is 1. The molecule has 1 heterocycles. The molecule has 0 atom stereocenters. The molecule has 1 aromatic heterocycles. The molecule has 2 aromatic carbocycles. The standard InChI is InChI=1S/C20H15F4NO3/c1-10(2)14-7-11(12-4-6-16(21)15(8-12)20(22,23)24)3-5-13(14)18-9-17(19(26)27)25-28-18/h3-10H,1-2H3,(H,26,27). The lowest BCUT2D eigenvalue weighted by Crippen LogP contribution is -2.08. The van der Waals surface area contributed by atoms with Crippen molar-refractivity contribution in [2.45, 2.75) is 25.9 Å². The summed E-state index contributed by atoms with van der Waals surface area (Å²) in [6.07, 6.45) is -4.80. The minimum absolute atomic E-state index is 0.0455. The Kier molecular flexibility index (Phi) is 4.97. The topological polar surface area (TPSA) is 63.3 Å². The lowest BCUT2D eigenvalue weighted by Gasteiger charge is -2.14. The van der Waals surface area contributed by atoms with Crippen molar-refractivity contribution in [2.75, 3.05) is 0 Å². The highest BCUT2D eigenvalue weighted by Gasteiger charge is 2.34. The number of hydrogen-bond donors (Lipinski definition) is 1. The number of aromatic nitrogens is 1. The highest BCUT2D eigenvalue weighted by atomic mass is 19.4. The molecule has 0 fully saturated rings. The van der Waals surface area contributed by atoms with Gasteiger partial charge >= 0.3 is 12.1 Å². The predicted molar refractivity (Wildman–Crippen MR) is 93.4 cm³/mol. The van der Waals surface area contributed by atoms with Gasteiger partial charge in [-0.2, -0.15) is 13.2 Å². The van der Waals surface area contributed by atoms with Crippen molar-refractivity contribution in [3.63, 3.8) is 0 Å². The molecule has 0 saturated carbocycles. The first kappa shape index (κ1) is 19.6. The maximum Gasteiger partial charge on any atom is 0.419 e. The van der Waals surface area contributed by atoms with Crippen LogP contribution >= 0.6 is 0 Å². The summed E-state index contributed by atoms with van der Waals surface area (Å²) in [6.45, 7) is 3.76. The third-order valence-electron chi connectivity index (χ3n) is 4.27. The van der Waals surface area contributed by atoms with E-state index in [0.717, 1.165) is 17.7 Å². The Bertz CT molecular complexity index is 1040. The van der Waals surface area contributed by atoms with Crippen molar-refractivity contribution in [3.05, 3.63) is 65.1 Å². The fraction of sp³-hybridized carbons (Fsp3) is 0.200. The van der Waals surface area contributed by atoms with Gasteiger partial charge < -0.3 is 9.63 Å². The zero-order valence-corrected chi connectivity index (χ0v) is 14.8. The minimum Gasteiger partial charge on any atom is -0.476 e. The second-order valence-corrected chi connectivity index (χ2v) is 6.53. The first-order chi connectivity index (χ1) is 13.1. The predicted octanol–water partition coefficient (Wildman–Crippen LogP) is 5.99. The van der Waals surface area contributed by atoms with Crippen LogP contribution in [0, 0.1) is 5.82 Å². The molecule has 8 heteroatoms. The molecule has 4 nitrogen and oxygen atoms in total.